The number of thioether (sulfide) groups is 1. The van der Waals surface area contributed by atoms with Crippen LogP contribution in [0.25, 0.3) is 11.3 Å². The second kappa shape index (κ2) is 6.64. The molecule has 5 nitrogen and oxygen atoms in total. The molecule has 2 aromatic carbocycles. The summed E-state index contributed by atoms with van der Waals surface area (Å²) in [6.45, 7) is 0.425. The van der Waals surface area contributed by atoms with Gasteiger partial charge in [-0.25, -0.2) is 0 Å². The Morgan fingerprint density at radius 2 is 2.04 bits per heavy atom. The van der Waals surface area contributed by atoms with Gasteiger partial charge < -0.3 is 14.6 Å². The zero-order valence-corrected chi connectivity index (χ0v) is 14.4. The van der Waals surface area contributed by atoms with Crippen molar-refractivity contribution in [1.29, 1.82) is 0 Å². The molecule has 0 radical (unpaired) electrons. The number of rotatable bonds is 4. The highest BCUT2D eigenvalue weighted by Gasteiger charge is 2.27. The van der Waals surface area contributed by atoms with Crippen LogP contribution in [-0.2, 0) is 12.3 Å². The third-order valence-electron chi connectivity index (χ3n) is 4.12. The predicted molar refractivity (Wildman–Crippen MR) is 95.7 cm³/mol. The van der Waals surface area contributed by atoms with Crippen LogP contribution in [0.5, 0.6) is 5.75 Å². The molecule has 0 aliphatic carbocycles. The standard InChI is InChI=1S/C19H16N2O3S/c1-23-13-8-6-12(7-9-13)10-20-19(22)17-15-11-25-16-5-3-2-4-14(16)18(15)24-21-17/h2-9H,10-11H2,1H3,(H,20,22). The average molecular weight is 352 g/mol. The first kappa shape index (κ1) is 15.8. The lowest BCUT2D eigenvalue weighted by atomic mass is 10.1. The Morgan fingerprint density at radius 3 is 2.84 bits per heavy atom. The second-order valence-corrected chi connectivity index (χ2v) is 6.67. The Bertz CT molecular complexity index is 919. The van der Waals surface area contributed by atoms with E-state index in [0.29, 0.717) is 23.8 Å². The molecule has 126 valence electrons. The van der Waals surface area contributed by atoms with Crippen molar-refractivity contribution < 1.29 is 14.1 Å². The minimum absolute atomic E-state index is 0.221. The summed E-state index contributed by atoms with van der Waals surface area (Å²) in [7, 11) is 1.63. The highest BCUT2D eigenvalue weighted by molar-refractivity contribution is 7.98. The quantitative estimate of drug-likeness (QED) is 0.772. The molecule has 0 spiro atoms. The normalized spacial score (nSPS) is 12.2. The summed E-state index contributed by atoms with van der Waals surface area (Å²) < 4.78 is 10.6. The fourth-order valence-corrected chi connectivity index (χ4v) is 3.83. The van der Waals surface area contributed by atoms with Gasteiger partial charge in [0.15, 0.2) is 11.5 Å². The molecule has 1 N–H and O–H groups in total. The van der Waals surface area contributed by atoms with Crippen molar-refractivity contribution in [1.82, 2.24) is 10.5 Å². The topological polar surface area (TPSA) is 64.4 Å². The van der Waals surface area contributed by atoms with Crippen LogP contribution < -0.4 is 10.1 Å². The molecule has 4 rings (SSSR count). The van der Waals surface area contributed by atoms with Crippen molar-refractivity contribution >= 4 is 17.7 Å². The van der Waals surface area contributed by atoms with Gasteiger partial charge in [0.25, 0.3) is 5.91 Å². The number of aromatic nitrogens is 1. The summed E-state index contributed by atoms with van der Waals surface area (Å²) in [6.07, 6.45) is 0. The van der Waals surface area contributed by atoms with Gasteiger partial charge in [-0.2, -0.15) is 0 Å². The van der Waals surface area contributed by atoms with Gasteiger partial charge >= 0.3 is 0 Å². The minimum atomic E-state index is -0.221. The first-order valence-corrected chi connectivity index (χ1v) is 8.86. The zero-order chi connectivity index (χ0) is 17.2. The summed E-state index contributed by atoms with van der Waals surface area (Å²) in [4.78, 5) is 13.7. The number of nitrogens with zero attached hydrogens (tertiary/aromatic N) is 1. The molecule has 0 unspecified atom stereocenters. The zero-order valence-electron chi connectivity index (χ0n) is 13.6. The number of hydrogen-bond donors (Lipinski definition) is 1. The number of hydrogen-bond acceptors (Lipinski definition) is 5. The van der Waals surface area contributed by atoms with Gasteiger partial charge in [0, 0.05) is 28.3 Å². The molecule has 0 atom stereocenters. The Hall–Kier alpha value is -2.73. The molecular formula is C19H16N2O3S. The Balaban J connectivity index is 1.51. The van der Waals surface area contributed by atoms with Crippen molar-refractivity contribution in [3.63, 3.8) is 0 Å². The second-order valence-electron chi connectivity index (χ2n) is 5.65. The van der Waals surface area contributed by atoms with Crippen LogP contribution in [-0.4, -0.2) is 18.2 Å². The van der Waals surface area contributed by atoms with Gasteiger partial charge in [-0.15, -0.1) is 11.8 Å². The van der Waals surface area contributed by atoms with Crippen LogP contribution in [0.15, 0.2) is 57.9 Å². The number of carbonyl (C=O) groups excluding carboxylic acids is 1. The molecule has 0 saturated carbocycles. The molecule has 0 saturated heterocycles. The minimum Gasteiger partial charge on any atom is -0.497 e. The van der Waals surface area contributed by atoms with E-state index in [1.807, 2.05) is 42.5 Å². The number of methoxy groups -OCH3 is 1. The highest BCUT2D eigenvalue weighted by Crippen LogP contribution is 2.42. The monoisotopic (exact) mass is 352 g/mol. The lowest BCUT2D eigenvalue weighted by Crippen LogP contribution is -2.24. The molecule has 3 aromatic rings. The average Bonchev–Trinajstić information content (AvgIpc) is 3.11. The summed E-state index contributed by atoms with van der Waals surface area (Å²) in [6, 6.07) is 15.6. The van der Waals surface area contributed by atoms with Crippen molar-refractivity contribution in [2.75, 3.05) is 7.11 Å². The van der Waals surface area contributed by atoms with E-state index in [0.717, 1.165) is 27.3 Å². The van der Waals surface area contributed by atoms with Crippen LogP contribution in [0.1, 0.15) is 21.6 Å². The van der Waals surface area contributed by atoms with E-state index in [1.165, 1.54) is 0 Å². The molecule has 25 heavy (non-hydrogen) atoms. The Kier molecular flexibility index (Phi) is 4.19. The van der Waals surface area contributed by atoms with Crippen LogP contribution >= 0.6 is 11.8 Å². The maximum atomic E-state index is 12.5. The number of nitrogens with one attached hydrogen (secondary N) is 1. The lowest BCUT2D eigenvalue weighted by molar-refractivity contribution is 0.0941. The van der Waals surface area contributed by atoms with Crippen LogP contribution in [0, 0.1) is 0 Å². The molecule has 1 aliphatic heterocycles. The number of carbonyl (C=O) groups is 1. The van der Waals surface area contributed by atoms with Crippen LogP contribution in [0.2, 0.25) is 0 Å². The van der Waals surface area contributed by atoms with Crippen molar-refractivity contribution in [3.05, 3.63) is 65.4 Å². The van der Waals surface area contributed by atoms with Gasteiger partial charge in [-0.1, -0.05) is 29.4 Å². The van der Waals surface area contributed by atoms with E-state index in [1.54, 1.807) is 18.9 Å². The Morgan fingerprint density at radius 1 is 1.24 bits per heavy atom. The predicted octanol–water partition coefficient (Wildman–Crippen LogP) is 3.89. The number of benzene rings is 2. The van der Waals surface area contributed by atoms with Gasteiger partial charge in [-0.05, 0) is 29.8 Å². The summed E-state index contributed by atoms with van der Waals surface area (Å²) in [5.41, 5.74) is 3.21. The van der Waals surface area contributed by atoms with E-state index in [9.17, 15) is 4.79 Å². The maximum Gasteiger partial charge on any atom is 0.274 e. The van der Waals surface area contributed by atoms with E-state index in [-0.39, 0.29) is 5.91 Å². The van der Waals surface area contributed by atoms with Crippen molar-refractivity contribution in [2.45, 2.75) is 17.2 Å². The first-order chi connectivity index (χ1) is 12.3. The number of fused-ring (bicyclic) bond motifs is 3. The fourth-order valence-electron chi connectivity index (χ4n) is 2.77. The third-order valence-corrected chi connectivity index (χ3v) is 5.22. The fraction of sp³-hybridized carbons (Fsp3) is 0.158. The molecule has 1 amide bonds. The van der Waals surface area contributed by atoms with E-state index < -0.39 is 0 Å². The van der Waals surface area contributed by atoms with E-state index in [2.05, 4.69) is 16.5 Å². The highest BCUT2D eigenvalue weighted by atomic mass is 32.2. The first-order valence-electron chi connectivity index (χ1n) is 7.88. The van der Waals surface area contributed by atoms with Gasteiger partial charge in [0.05, 0.1) is 7.11 Å². The number of ether oxygens (including phenoxy) is 1. The molecular weight excluding hydrogens is 336 g/mol. The Labute approximate surface area is 149 Å². The van der Waals surface area contributed by atoms with Gasteiger partial charge in [-0.3, -0.25) is 4.79 Å². The summed E-state index contributed by atoms with van der Waals surface area (Å²) in [5.74, 6) is 1.95. The largest absolute Gasteiger partial charge is 0.497 e. The lowest BCUT2D eigenvalue weighted by Gasteiger charge is -2.13. The molecule has 0 bridgehead atoms. The SMILES string of the molecule is COc1ccc(CNC(=O)c2noc3c2CSc2ccccc2-3)cc1. The van der Waals surface area contributed by atoms with Gasteiger partial charge in [0.2, 0.25) is 0 Å². The summed E-state index contributed by atoms with van der Waals surface area (Å²) in [5, 5.41) is 6.92. The van der Waals surface area contributed by atoms with Crippen molar-refractivity contribution in [2.24, 2.45) is 0 Å². The molecule has 1 aliphatic rings. The molecule has 1 aromatic heterocycles. The third kappa shape index (κ3) is 3.00. The molecule has 6 heteroatoms. The summed E-state index contributed by atoms with van der Waals surface area (Å²) >= 11 is 1.69. The number of amides is 1. The smallest absolute Gasteiger partial charge is 0.274 e. The van der Waals surface area contributed by atoms with E-state index >= 15 is 0 Å². The maximum absolute atomic E-state index is 12.5. The van der Waals surface area contributed by atoms with Crippen LogP contribution in [0.3, 0.4) is 0 Å². The molecule has 0 fully saturated rings. The van der Waals surface area contributed by atoms with Crippen LogP contribution in [0.4, 0.5) is 0 Å². The van der Waals surface area contributed by atoms with Crippen molar-refractivity contribution in [3.8, 4) is 17.1 Å². The molecule has 2 heterocycles. The van der Waals surface area contributed by atoms with E-state index in [4.69, 9.17) is 9.26 Å². The van der Waals surface area contributed by atoms with Gasteiger partial charge in [0.1, 0.15) is 5.75 Å².